The molecule has 1 aliphatic heterocycles. The number of carbonyl (C=O) groups is 2. The summed E-state index contributed by atoms with van der Waals surface area (Å²) >= 11 is 5.95. The summed E-state index contributed by atoms with van der Waals surface area (Å²) in [4.78, 5) is 36.1. The maximum absolute atomic E-state index is 14.4. The summed E-state index contributed by atoms with van der Waals surface area (Å²) in [6.07, 6.45) is -3.67. The van der Waals surface area contributed by atoms with Gasteiger partial charge in [-0.15, -0.1) is 5.10 Å². The molecule has 0 spiro atoms. The molecular formula is C28H35ClF3N7O4. The van der Waals surface area contributed by atoms with E-state index in [2.05, 4.69) is 20.4 Å². The molecule has 234 valence electrons. The van der Waals surface area contributed by atoms with Gasteiger partial charge in [-0.3, -0.25) is 4.79 Å². The van der Waals surface area contributed by atoms with E-state index in [1.54, 1.807) is 27.7 Å². The first kappa shape index (κ1) is 32.3. The van der Waals surface area contributed by atoms with Crippen LogP contribution in [0.1, 0.15) is 63.9 Å². The molecule has 1 aromatic carbocycles. The molecule has 3 heterocycles. The minimum atomic E-state index is -4.72. The Balaban J connectivity index is 1.50. The van der Waals surface area contributed by atoms with Gasteiger partial charge in [0.25, 0.3) is 5.78 Å². The predicted octanol–water partition coefficient (Wildman–Crippen LogP) is 5.94. The van der Waals surface area contributed by atoms with Gasteiger partial charge in [-0.05, 0) is 69.8 Å². The Morgan fingerprint density at radius 3 is 2.33 bits per heavy atom. The Hall–Kier alpha value is -3.65. The molecule has 0 aliphatic carbocycles. The quantitative estimate of drug-likeness (QED) is 0.343. The van der Waals surface area contributed by atoms with Crippen molar-refractivity contribution in [1.82, 2.24) is 29.4 Å². The Morgan fingerprint density at radius 1 is 1.14 bits per heavy atom. The maximum atomic E-state index is 14.4. The number of aromatic nitrogens is 4. The van der Waals surface area contributed by atoms with Crippen LogP contribution >= 0.6 is 11.6 Å². The summed E-state index contributed by atoms with van der Waals surface area (Å²) in [6.45, 7) is 7.49. The van der Waals surface area contributed by atoms with E-state index in [4.69, 9.17) is 21.1 Å². The molecule has 0 radical (unpaired) electrons. The molecule has 4 rings (SSSR count). The molecule has 1 aliphatic rings. The number of anilines is 2. The van der Waals surface area contributed by atoms with Crippen LogP contribution in [0.4, 0.5) is 29.3 Å². The van der Waals surface area contributed by atoms with Crippen molar-refractivity contribution in [3.63, 3.8) is 0 Å². The van der Waals surface area contributed by atoms with E-state index < -0.39 is 41.8 Å². The molecule has 2 atom stereocenters. The lowest BCUT2D eigenvalue weighted by atomic mass is 9.94. The van der Waals surface area contributed by atoms with Gasteiger partial charge in [0.2, 0.25) is 11.2 Å². The van der Waals surface area contributed by atoms with Gasteiger partial charge in [0, 0.05) is 38.9 Å². The molecule has 2 aromatic heterocycles. The van der Waals surface area contributed by atoms with Crippen LogP contribution in [0.2, 0.25) is 5.28 Å². The highest BCUT2D eigenvalue weighted by molar-refractivity contribution is 6.28. The van der Waals surface area contributed by atoms with Gasteiger partial charge in [-0.2, -0.15) is 22.7 Å². The number of alkyl halides is 3. The fourth-order valence-corrected chi connectivity index (χ4v) is 5.16. The number of hydrogen-bond donors (Lipinski definition) is 1. The zero-order chi connectivity index (χ0) is 31.7. The number of nitrogens with one attached hydrogen (secondary N) is 1. The average Bonchev–Trinajstić information content (AvgIpc) is 3.31. The first-order valence-electron chi connectivity index (χ1n) is 13.7. The van der Waals surface area contributed by atoms with E-state index >= 15 is 0 Å². The molecule has 1 fully saturated rings. The third kappa shape index (κ3) is 7.47. The van der Waals surface area contributed by atoms with Crippen molar-refractivity contribution < 1.29 is 32.2 Å². The lowest BCUT2D eigenvalue weighted by molar-refractivity contribution is -0.191. The highest BCUT2D eigenvalue weighted by Crippen LogP contribution is 2.39. The van der Waals surface area contributed by atoms with E-state index in [0.717, 1.165) is 11.9 Å². The second-order valence-electron chi connectivity index (χ2n) is 11.4. The molecule has 3 aromatic rings. The molecular weight excluding hydrogens is 591 g/mol. The smallest absolute Gasteiger partial charge is 0.413 e. The van der Waals surface area contributed by atoms with Crippen LogP contribution in [0, 0.1) is 5.92 Å². The number of methoxy groups -OCH3 is 1. The highest BCUT2D eigenvalue weighted by Gasteiger charge is 2.46. The zero-order valence-corrected chi connectivity index (χ0v) is 25.5. The van der Waals surface area contributed by atoms with Crippen LogP contribution in [-0.2, 0) is 14.3 Å². The van der Waals surface area contributed by atoms with Crippen LogP contribution in [0.25, 0.3) is 5.78 Å². The van der Waals surface area contributed by atoms with Gasteiger partial charge >= 0.3 is 12.3 Å². The highest BCUT2D eigenvalue weighted by atomic mass is 35.5. The Labute approximate surface area is 252 Å². The standard InChI is InChI=1S/C28H35ClF3N7O4/c1-16(42-6)21-20(15-33-25-35-24(29)36-39(21)25)34-19-9-7-17(8-10-19)22(28(30,31)32)37(5)23(40)18-11-13-38(14-12-18)26(41)43-27(2,3)4/h7-10,15-16,18,22,34H,11-14H2,1-6H3/t16-,22-/m0/s1. The van der Waals surface area contributed by atoms with Crippen molar-refractivity contribution >= 4 is 40.8 Å². The summed E-state index contributed by atoms with van der Waals surface area (Å²) in [5.41, 5.74) is 0.767. The second-order valence-corrected chi connectivity index (χ2v) is 11.7. The number of benzene rings is 1. The Kier molecular flexibility index (Phi) is 9.40. The van der Waals surface area contributed by atoms with Crippen molar-refractivity contribution in [3.05, 3.63) is 47.0 Å². The van der Waals surface area contributed by atoms with Crippen molar-refractivity contribution in [3.8, 4) is 0 Å². The van der Waals surface area contributed by atoms with E-state index in [1.165, 1.54) is 47.0 Å². The first-order chi connectivity index (χ1) is 20.1. The molecule has 1 saturated heterocycles. The summed E-state index contributed by atoms with van der Waals surface area (Å²) < 4.78 is 55.4. The van der Waals surface area contributed by atoms with Gasteiger partial charge in [0.1, 0.15) is 5.60 Å². The maximum Gasteiger partial charge on any atom is 0.413 e. The number of likely N-dealkylation sites (tertiary alicyclic amines) is 1. The number of nitrogens with zero attached hydrogens (tertiary/aromatic N) is 6. The molecule has 0 unspecified atom stereocenters. The molecule has 2 amide bonds. The summed E-state index contributed by atoms with van der Waals surface area (Å²) in [5, 5.41) is 7.30. The third-order valence-corrected chi connectivity index (χ3v) is 7.32. The number of hydrogen-bond acceptors (Lipinski definition) is 8. The average molecular weight is 626 g/mol. The molecule has 0 saturated carbocycles. The number of amides is 2. The predicted molar refractivity (Wildman–Crippen MR) is 153 cm³/mol. The molecule has 1 N–H and O–H groups in total. The van der Waals surface area contributed by atoms with Crippen LogP contribution < -0.4 is 5.32 Å². The van der Waals surface area contributed by atoms with Gasteiger partial charge in [0.05, 0.1) is 23.7 Å². The van der Waals surface area contributed by atoms with E-state index in [1.807, 2.05) is 0 Å². The minimum absolute atomic E-state index is 0.00371. The second kappa shape index (κ2) is 12.5. The van der Waals surface area contributed by atoms with Crippen LogP contribution in [0.5, 0.6) is 0 Å². The van der Waals surface area contributed by atoms with Crippen molar-refractivity contribution in [2.75, 3.05) is 32.6 Å². The summed E-state index contributed by atoms with van der Waals surface area (Å²) in [5.74, 6) is -1.01. The SMILES string of the molecule is CO[C@@H](C)c1c(Nc2ccc([C@H](N(C)C(=O)C3CCN(C(=O)OC(C)(C)C)CC3)C(F)(F)F)cc2)cnc2nc(Cl)nn12. The van der Waals surface area contributed by atoms with Crippen molar-refractivity contribution in [2.24, 2.45) is 5.92 Å². The number of ether oxygens (including phenoxy) is 2. The third-order valence-electron chi connectivity index (χ3n) is 7.16. The summed E-state index contributed by atoms with van der Waals surface area (Å²) in [7, 11) is 2.68. The Bertz CT molecular complexity index is 1450. The lowest BCUT2D eigenvalue weighted by Gasteiger charge is -2.37. The molecule has 15 heteroatoms. The molecule has 11 nitrogen and oxygen atoms in total. The van der Waals surface area contributed by atoms with E-state index in [9.17, 15) is 22.8 Å². The summed E-state index contributed by atoms with van der Waals surface area (Å²) in [6, 6.07) is 3.48. The van der Waals surface area contributed by atoms with Gasteiger partial charge in [-0.25, -0.2) is 9.78 Å². The van der Waals surface area contributed by atoms with Gasteiger partial charge < -0.3 is 24.6 Å². The molecule has 0 bridgehead atoms. The number of carbonyl (C=O) groups excluding carboxylic acids is 2. The Morgan fingerprint density at radius 2 is 1.77 bits per heavy atom. The first-order valence-corrected chi connectivity index (χ1v) is 14.1. The van der Waals surface area contributed by atoms with Crippen LogP contribution in [-0.4, -0.2) is 80.4 Å². The van der Waals surface area contributed by atoms with Crippen molar-refractivity contribution in [1.29, 1.82) is 0 Å². The monoisotopic (exact) mass is 625 g/mol. The number of piperidine rings is 1. The van der Waals surface area contributed by atoms with Crippen molar-refractivity contribution in [2.45, 2.75) is 64.5 Å². The number of fused-ring (bicyclic) bond motifs is 1. The number of halogens is 4. The lowest BCUT2D eigenvalue weighted by Crippen LogP contribution is -2.47. The van der Waals surface area contributed by atoms with Crippen LogP contribution in [0.3, 0.4) is 0 Å². The van der Waals surface area contributed by atoms with E-state index in [-0.39, 0.29) is 42.6 Å². The van der Waals surface area contributed by atoms with Gasteiger partial charge in [0.15, 0.2) is 6.04 Å². The van der Waals surface area contributed by atoms with Crippen LogP contribution in [0.15, 0.2) is 30.5 Å². The van der Waals surface area contributed by atoms with Gasteiger partial charge in [-0.1, -0.05) is 12.1 Å². The number of rotatable bonds is 7. The van der Waals surface area contributed by atoms with E-state index in [0.29, 0.717) is 17.1 Å². The topological polar surface area (TPSA) is 114 Å². The normalized spacial score (nSPS) is 16.2. The fraction of sp³-hybridized carbons (Fsp3) is 0.536. The minimum Gasteiger partial charge on any atom is -0.444 e. The zero-order valence-electron chi connectivity index (χ0n) is 24.8. The largest absolute Gasteiger partial charge is 0.444 e. The molecule has 43 heavy (non-hydrogen) atoms. The fourth-order valence-electron chi connectivity index (χ4n) is 5.01.